The molecule has 5 heteroatoms. The van der Waals surface area contributed by atoms with E-state index in [0.717, 1.165) is 51.3 Å². The van der Waals surface area contributed by atoms with Crippen LogP contribution >= 0.6 is 0 Å². The third kappa shape index (κ3) is 5.12. The van der Waals surface area contributed by atoms with Crippen molar-refractivity contribution in [1.82, 2.24) is 14.8 Å². The molecule has 3 heterocycles. The molecule has 27 heavy (non-hydrogen) atoms. The van der Waals surface area contributed by atoms with Gasteiger partial charge in [0.15, 0.2) is 0 Å². The maximum absolute atomic E-state index is 13.4. The van der Waals surface area contributed by atoms with Crippen LogP contribution in [-0.4, -0.2) is 59.7 Å². The lowest BCUT2D eigenvalue weighted by Crippen LogP contribution is -2.51. The molecular formula is C22H28FN3O. The lowest BCUT2D eigenvalue weighted by atomic mass is 10.00. The van der Waals surface area contributed by atoms with Gasteiger partial charge >= 0.3 is 0 Å². The van der Waals surface area contributed by atoms with E-state index in [1.807, 2.05) is 24.5 Å². The first-order valence-corrected chi connectivity index (χ1v) is 9.97. The number of morpholine rings is 1. The van der Waals surface area contributed by atoms with Gasteiger partial charge in [-0.05, 0) is 61.7 Å². The lowest BCUT2D eigenvalue weighted by molar-refractivity contribution is -0.0514. The third-order valence-electron chi connectivity index (χ3n) is 5.73. The molecule has 2 fully saturated rings. The summed E-state index contributed by atoms with van der Waals surface area (Å²) in [4.78, 5) is 9.33. The van der Waals surface area contributed by atoms with Crippen LogP contribution in [0.15, 0.2) is 48.8 Å². The number of nitrogens with zero attached hydrogens (tertiary/aromatic N) is 3. The fourth-order valence-corrected chi connectivity index (χ4v) is 4.32. The maximum Gasteiger partial charge on any atom is 0.123 e. The van der Waals surface area contributed by atoms with Gasteiger partial charge in [-0.15, -0.1) is 0 Å². The summed E-state index contributed by atoms with van der Waals surface area (Å²) in [5.74, 6) is -0.166. The summed E-state index contributed by atoms with van der Waals surface area (Å²) < 4.78 is 19.4. The van der Waals surface area contributed by atoms with Crippen molar-refractivity contribution in [2.24, 2.45) is 0 Å². The zero-order valence-corrected chi connectivity index (χ0v) is 15.8. The van der Waals surface area contributed by atoms with Gasteiger partial charge < -0.3 is 4.74 Å². The molecule has 1 aromatic carbocycles. The Morgan fingerprint density at radius 2 is 1.93 bits per heavy atom. The fraction of sp³-hybridized carbons (Fsp3) is 0.500. The van der Waals surface area contributed by atoms with E-state index in [0.29, 0.717) is 6.04 Å². The molecule has 0 amide bonds. The van der Waals surface area contributed by atoms with Crippen molar-refractivity contribution in [3.63, 3.8) is 0 Å². The van der Waals surface area contributed by atoms with Crippen LogP contribution in [0, 0.1) is 5.82 Å². The van der Waals surface area contributed by atoms with Gasteiger partial charge in [-0.1, -0.05) is 18.2 Å². The van der Waals surface area contributed by atoms with E-state index in [9.17, 15) is 4.39 Å². The van der Waals surface area contributed by atoms with Crippen molar-refractivity contribution < 1.29 is 9.13 Å². The van der Waals surface area contributed by atoms with Crippen molar-refractivity contribution >= 4 is 0 Å². The molecular weight excluding hydrogens is 341 g/mol. The third-order valence-corrected chi connectivity index (χ3v) is 5.73. The molecule has 0 bridgehead atoms. The predicted octanol–water partition coefficient (Wildman–Crippen LogP) is 3.13. The van der Waals surface area contributed by atoms with Gasteiger partial charge in [-0.2, -0.15) is 0 Å². The Morgan fingerprint density at radius 3 is 2.70 bits per heavy atom. The zero-order valence-electron chi connectivity index (χ0n) is 15.8. The Kier molecular flexibility index (Phi) is 6.12. The van der Waals surface area contributed by atoms with E-state index in [1.54, 1.807) is 12.1 Å². The number of ether oxygens (including phenoxy) is 1. The summed E-state index contributed by atoms with van der Waals surface area (Å²) in [5.41, 5.74) is 2.31. The number of rotatable bonds is 5. The van der Waals surface area contributed by atoms with Crippen molar-refractivity contribution in [1.29, 1.82) is 0 Å². The maximum atomic E-state index is 13.4. The molecule has 144 valence electrons. The van der Waals surface area contributed by atoms with Crippen LogP contribution < -0.4 is 0 Å². The summed E-state index contributed by atoms with van der Waals surface area (Å²) in [5, 5.41) is 0. The van der Waals surface area contributed by atoms with Gasteiger partial charge in [-0.3, -0.25) is 14.8 Å². The summed E-state index contributed by atoms with van der Waals surface area (Å²) >= 11 is 0. The molecule has 0 saturated carbocycles. The van der Waals surface area contributed by atoms with Crippen LogP contribution in [0.25, 0.3) is 0 Å². The van der Waals surface area contributed by atoms with E-state index in [4.69, 9.17) is 4.74 Å². The van der Waals surface area contributed by atoms with E-state index < -0.39 is 0 Å². The second-order valence-corrected chi connectivity index (χ2v) is 7.69. The van der Waals surface area contributed by atoms with Crippen LogP contribution in [0.1, 0.15) is 24.0 Å². The predicted molar refractivity (Wildman–Crippen MR) is 104 cm³/mol. The highest BCUT2D eigenvalue weighted by Crippen LogP contribution is 2.22. The monoisotopic (exact) mass is 369 g/mol. The Bertz CT molecular complexity index is 719. The Morgan fingerprint density at radius 1 is 1.07 bits per heavy atom. The minimum Gasteiger partial charge on any atom is -0.375 e. The van der Waals surface area contributed by atoms with Crippen LogP contribution in [-0.2, 0) is 17.7 Å². The number of likely N-dealkylation sites (tertiary alicyclic amines) is 1. The van der Waals surface area contributed by atoms with Crippen molar-refractivity contribution in [3.05, 3.63) is 65.7 Å². The number of benzene rings is 1. The average Bonchev–Trinajstić information content (AvgIpc) is 2.70. The SMILES string of the molecule is Fc1cccc(CC2CN(C3CCN(Cc4cccnc4)CC3)CCO2)c1. The minimum atomic E-state index is -0.166. The van der Waals surface area contributed by atoms with Crippen molar-refractivity contribution in [2.45, 2.75) is 38.0 Å². The van der Waals surface area contributed by atoms with E-state index in [2.05, 4.69) is 20.9 Å². The highest BCUT2D eigenvalue weighted by Gasteiger charge is 2.29. The Hall–Kier alpha value is -1.82. The van der Waals surface area contributed by atoms with E-state index in [1.165, 1.54) is 24.5 Å². The smallest absolute Gasteiger partial charge is 0.123 e. The minimum absolute atomic E-state index is 0.161. The van der Waals surface area contributed by atoms with Gasteiger partial charge in [0.1, 0.15) is 5.82 Å². The Balaban J connectivity index is 1.27. The second-order valence-electron chi connectivity index (χ2n) is 7.69. The van der Waals surface area contributed by atoms with E-state index in [-0.39, 0.29) is 11.9 Å². The number of aromatic nitrogens is 1. The molecule has 1 aromatic heterocycles. The van der Waals surface area contributed by atoms with Gasteiger partial charge in [0.2, 0.25) is 0 Å². The van der Waals surface area contributed by atoms with Crippen molar-refractivity contribution in [2.75, 3.05) is 32.8 Å². The van der Waals surface area contributed by atoms with Crippen LogP contribution in [0.2, 0.25) is 0 Å². The molecule has 2 saturated heterocycles. The molecule has 1 unspecified atom stereocenters. The topological polar surface area (TPSA) is 28.6 Å². The summed E-state index contributed by atoms with van der Waals surface area (Å²) in [6.07, 6.45) is 7.14. The molecule has 4 nitrogen and oxygen atoms in total. The molecule has 2 aliphatic heterocycles. The number of halogens is 1. The molecule has 2 aromatic rings. The van der Waals surface area contributed by atoms with Crippen LogP contribution in [0.5, 0.6) is 0 Å². The molecule has 0 radical (unpaired) electrons. The highest BCUT2D eigenvalue weighted by atomic mass is 19.1. The molecule has 4 rings (SSSR count). The average molecular weight is 369 g/mol. The summed E-state index contributed by atoms with van der Waals surface area (Å²) in [7, 11) is 0. The second kappa shape index (κ2) is 8.91. The van der Waals surface area contributed by atoms with Crippen LogP contribution in [0.3, 0.4) is 0 Å². The van der Waals surface area contributed by atoms with Gasteiger partial charge in [0.25, 0.3) is 0 Å². The quantitative estimate of drug-likeness (QED) is 0.810. The summed E-state index contributed by atoms with van der Waals surface area (Å²) in [6.45, 7) is 5.98. The molecule has 1 atom stereocenters. The fourth-order valence-electron chi connectivity index (χ4n) is 4.32. The molecule has 0 aliphatic carbocycles. The first kappa shape index (κ1) is 18.5. The lowest BCUT2D eigenvalue weighted by Gasteiger charge is -2.42. The Labute approximate surface area is 161 Å². The first-order valence-electron chi connectivity index (χ1n) is 9.97. The van der Waals surface area contributed by atoms with Gasteiger partial charge in [-0.25, -0.2) is 4.39 Å². The van der Waals surface area contributed by atoms with Gasteiger partial charge in [0.05, 0.1) is 12.7 Å². The highest BCUT2D eigenvalue weighted by molar-refractivity contribution is 5.17. The normalized spacial score (nSPS) is 22.8. The molecule has 2 aliphatic rings. The largest absolute Gasteiger partial charge is 0.375 e. The molecule has 0 N–H and O–H groups in total. The van der Waals surface area contributed by atoms with E-state index >= 15 is 0 Å². The van der Waals surface area contributed by atoms with Crippen molar-refractivity contribution in [3.8, 4) is 0 Å². The standard InChI is InChI=1S/C22H28FN3O/c23-20-5-1-3-18(13-20)14-22-17-26(11-12-27-22)21-6-9-25(10-7-21)16-19-4-2-8-24-15-19/h1-5,8,13,15,21-22H,6-7,9-12,14,16-17H2. The van der Waals surface area contributed by atoms with Crippen LogP contribution in [0.4, 0.5) is 4.39 Å². The number of hydrogen-bond donors (Lipinski definition) is 0. The number of pyridine rings is 1. The van der Waals surface area contributed by atoms with Gasteiger partial charge in [0, 0.05) is 38.1 Å². The number of hydrogen-bond acceptors (Lipinski definition) is 4. The number of piperidine rings is 1. The summed E-state index contributed by atoms with van der Waals surface area (Å²) in [6, 6.07) is 11.7. The first-order chi connectivity index (χ1) is 13.3. The zero-order chi connectivity index (χ0) is 18.5. The molecule has 0 spiro atoms.